The maximum Gasteiger partial charge on any atom is 0.230 e. The average molecular weight is 223 g/mol. The first kappa shape index (κ1) is 12.1. The Balaban J connectivity index is 2.29. The lowest BCUT2D eigenvalue weighted by Crippen LogP contribution is -2.33. The highest BCUT2D eigenvalue weighted by Gasteiger charge is 2.05. The largest absolute Gasteiger partial charge is 0.353 e. The molecule has 0 unspecified atom stereocenters. The first-order valence-electron chi connectivity index (χ1n) is 5.19. The maximum atomic E-state index is 11.5. The first-order valence-corrected chi connectivity index (χ1v) is 6.18. The summed E-state index contributed by atoms with van der Waals surface area (Å²) in [7, 11) is 0. The fourth-order valence-corrected chi connectivity index (χ4v) is 1.81. The second-order valence-corrected chi connectivity index (χ2v) is 4.53. The molecule has 0 aliphatic rings. The van der Waals surface area contributed by atoms with E-state index < -0.39 is 0 Å². The highest BCUT2D eigenvalue weighted by molar-refractivity contribution is 8.00. The molecule has 0 heterocycles. The number of amides is 1. The summed E-state index contributed by atoms with van der Waals surface area (Å²) in [4.78, 5) is 12.6. The predicted molar refractivity (Wildman–Crippen MR) is 65.1 cm³/mol. The number of rotatable bonds is 5. The van der Waals surface area contributed by atoms with Crippen LogP contribution in [0.1, 0.15) is 20.3 Å². The molecule has 0 aliphatic heterocycles. The highest BCUT2D eigenvalue weighted by atomic mass is 32.2. The second-order valence-electron chi connectivity index (χ2n) is 3.48. The van der Waals surface area contributed by atoms with E-state index in [1.807, 2.05) is 37.3 Å². The van der Waals surface area contributed by atoms with Crippen LogP contribution >= 0.6 is 11.8 Å². The zero-order valence-corrected chi connectivity index (χ0v) is 10.0. The van der Waals surface area contributed by atoms with Gasteiger partial charge in [0, 0.05) is 10.9 Å². The van der Waals surface area contributed by atoms with E-state index in [1.54, 1.807) is 11.8 Å². The zero-order chi connectivity index (χ0) is 11.1. The van der Waals surface area contributed by atoms with Crippen molar-refractivity contribution < 1.29 is 4.79 Å². The smallest absolute Gasteiger partial charge is 0.230 e. The number of carbonyl (C=O) groups excluding carboxylic acids is 1. The van der Waals surface area contributed by atoms with Crippen molar-refractivity contribution in [3.05, 3.63) is 30.3 Å². The molecule has 0 spiro atoms. The van der Waals surface area contributed by atoms with Gasteiger partial charge in [0.2, 0.25) is 5.91 Å². The number of hydrogen-bond acceptors (Lipinski definition) is 2. The molecule has 2 nitrogen and oxygen atoms in total. The molecular formula is C12H17NOS. The minimum atomic E-state index is 0.109. The summed E-state index contributed by atoms with van der Waals surface area (Å²) in [6, 6.07) is 10.2. The van der Waals surface area contributed by atoms with Crippen LogP contribution in [-0.4, -0.2) is 17.7 Å². The molecule has 1 amide bonds. The third-order valence-corrected chi connectivity index (χ3v) is 3.14. The van der Waals surface area contributed by atoms with Gasteiger partial charge in [-0.1, -0.05) is 25.1 Å². The van der Waals surface area contributed by atoms with Gasteiger partial charge >= 0.3 is 0 Å². The topological polar surface area (TPSA) is 29.1 Å². The van der Waals surface area contributed by atoms with Crippen LogP contribution in [0.15, 0.2) is 35.2 Å². The van der Waals surface area contributed by atoms with Gasteiger partial charge in [-0.2, -0.15) is 0 Å². The molecule has 1 rings (SSSR count). The van der Waals surface area contributed by atoms with Crippen molar-refractivity contribution in [3.8, 4) is 0 Å². The van der Waals surface area contributed by atoms with E-state index in [0.717, 1.165) is 11.3 Å². The zero-order valence-electron chi connectivity index (χ0n) is 9.19. The fourth-order valence-electron chi connectivity index (χ4n) is 1.08. The lowest BCUT2D eigenvalue weighted by atomic mass is 10.3. The SMILES string of the molecule is CC[C@H](C)NC(=O)CSc1ccccc1. The lowest BCUT2D eigenvalue weighted by Gasteiger charge is -2.10. The van der Waals surface area contributed by atoms with E-state index in [-0.39, 0.29) is 11.9 Å². The lowest BCUT2D eigenvalue weighted by molar-refractivity contribution is -0.119. The minimum Gasteiger partial charge on any atom is -0.353 e. The number of nitrogens with one attached hydrogen (secondary N) is 1. The Bertz CT molecular complexity index is 300. The minimum absolute atomic E-state index is 0.109. The summed E-state index contributed by atoms with van der Waals surface area (Å²) < 4.78 is 0. The Morgan fingerprint density at radius 3 is 2.67 bits per heavy atom. The van der Waals surface area contributed by atoms with E-state index in [0.29, 0.717) is 5.75 Å². The highest BCUT2D eigenvalue weighted by Crippen LogP contribution is 2.16. The Morgan fingerprint density at radius 1 is 1.40 bits per heavy atom. The molecule has 0 radical (unpaired) electrons. The normalized spacial score (nSPS) is 12.1. The van der Waals surface area contributed by atoms with Gasteiger partial charge in [0.25, 0.3) is 0 Å². The van der Waals surface area contributed by atoms with Crippen molar-refractivity contribution >= 4 is 17.7 Å². The molecule has 1 atom stereocenters. The van der Waals surface area contributed by atoms with Crippen LogP contribution in [-0.2, 0) is 4.79 Å². The van der Waals surface area contributed by atoms with Crippen LogP contribution in [0, 0.1) is 0 Å². The summed E-state index contributed by atoms with van der Waals surface area (Å²) in [6.07, 6.45) is 0.974. The van der Waals surface area contributed by atoms with Gasteiger partial charge in [-0.15, -0.1) is 11.8 Å². The van der Waals surface area contributed by atoms with E-state index in [2.05, 4.69) is 12.2 Å². The van der Waals surface area contributed by atoms with Crippen molar-refractivity contribution in [2.75, 3.05) is 5.75 Å². The number of benzene rings is 1. The molecule has 0 fully saturated rings. The van der Waals surface area contributed by atoms with Crippen LogP contribution in [0.4, 0.5) is 0 Å². The molecule has 1 aromatic carbocycles. The van der Waals surface area contributed by atoms with Gasteiger partial charge in [0.1, 0.15) is 0 Å². The van der Waals surface area contributed by atoms with Crippen LogP contribution in [0.5, 0.6) is 0 Å². The Kier molecular flexibility index (Phi) is 5.26. The van der Waals surface area contributed by atoms with Gasteiger partial charge in [-0.25, -0.2) is 0 Å². The summed E-state index contributed by atoms with van der Waals surface area (Å²) >= 11 is 1.57. The summed E-state index contributed by atoms with van der Waals surface area (Å²) in [5.41, 5.74) is 0. The Labute approximate surface area is 95.5 Å². The summed E-state index contributed by atoms with van der Waals surface area (Å²) in [6.45, 7) is 4.08. The molecular weight excluding hydrogens is 206 g/mol. The van der Waals surface area contributed by atoms with E-state index in [4.69, 9.17) is 0 Å². The second kappa shape index (κ2) is 6.51. The van der Waals surface area contributed by atoms with E-state index in [1.165, 1.54) is 0 Å². The van der Waals surface area contributed by atoms with Gasteiger partial charge < -0.3 is 5.32 Å². The standard InChI is InChI=1S/C12H17NOS/c1-3-10(2)13-12(14)9-15-11-7-5-4-6-8-11/h4-8,10H,3,9H2,1-2H3,(H,13,14)/t10-/m0/s1. The number of thioether (sulfide) groups is 1. The molecule has 15 heavy (non-hydrogen) atoms. The van der Waals surface area contributed by atoms with Gasteiger partial charge in [-0.05, 0) is 25.5 Å². The van der Waals surface area contributed by atoms with Crippen LogP contribution in [0.2, 0.25) is 0 Å². The average Bonchev–Trinajstić information content (AvgIpc) is 2.27. The molecule has 82 valence electrons. The quantitative estimate of drug-likeness (QED) is 0.778. The van der Waals surface area contributed by atoms with Crippen LogP contribution in [0.25, 0.3) is 0 Å². The van der Waals surface area contributed by atoms with E-state index in [9.17, 15) is 4.79 Å². The van der Waals surface area contributed by atoms with Crippen molar-refractivity contribution in [2.24, 2.45) is 0 Å². The van der Waals surface area contributed by atoms with Crippen LogP contribution in [0.3, 0.4) is 0 Å². The predicted octanol–water partition coefficient (Wildman–Crippen LogP) is 2.69. The summed E-state index contributed by atoms with van der Waals surface area (Å²) in [5, 5.41) is 2.94. The molecule has 1 N–H and O–H groups in total. The van der Waals surface area contributed by atoms with Crippen molar-refractivity contribution in [3.63, 3.8) is 0 Å². The molecule has 0 aliphatic carbocycles. The molecule has 0 aromatic heterocycles. The third kappa shape index (κ3) is 4.88. The molecule has 0 bridgehead atoms. The summed E-state index contributed by atoms with van der Waals surface area (Å²) in [5.74, 6) is 0.604. The van der Waals surface area contributed by atoms with Crippen molar-refractivity contribution in [2.45, 2.75) is 31.2 Å². The third-order valence-electron chi connectivity index (χ3n) is 2.13. The van der Waals surface area contributed by atoms with Gasteiger partial charge in [0.05, 0.1) is 5.75 Å². The molecule has 3 heteroatoms. The van der Waals surface area contributed by atoms with Gasteiger partial charge in [-0.3, -0.25) is 4.79 Å². The molecule has 1 aromatic rings. The molecule has 0 saturated heterocycles. The number of hydrogen-bond donors (Lipinski definition) is 1. The van der Waals surface area contributed by atoms with E-state index >= 15 is 0 Å². The first-order chi connectivity index (χ1) is 7.22. The van der Waals surface area contributed by atoms with Crippen molar-refractivity contribution in [1.82, 2.24) is 5.32 Å². The fraction of sp³-hybridized carbons (Fsp3) is 0.417. The monoisotopic (exact) mass is 223 g/mol. The van der Waals surface area contributed by atoms with Crippen LogP contribution < -0.4 is 5.32 Å². The molecule has 0 saturated carbocycles. The van der Waals surface area contributed by atoms with Gasteiger partial charge in [0.15, 0.2) is 0 Å². The Hall–Kier alpha value is -0.960. The maximum absolute atomic E-state index is 11.5. The number of carbonyl (C=O) groups is 1. The Morgan fingerprint density at radius 2 is 2.07 bits per heavy atom. The van der Waals surface area contributed by atoms with Crippen molar-refractivity contribution in [1.29, 1.82) is 0 Å².